The van der Waals surface area contributed by atoms with Crippen molar-refractivity contribution >= 4 is 15.7 Å². The summed E-state index contributed by atoms with van der Waals surface area (Å²) >= 11 is 0. The number of alkyl halides is 2. The summed E-state index contributed by atoms with van der Waals surface area (Å²) in [5.41, 5.74) is 0.269. The molecule has 0 unspecified atom stereocenters. The fourth-order valence-electron chi connectivity index (χ4n) is 1.34. The maximum atomic E-state index is 11.9. The van der Waals surface area contributed by atoms with Gasteiger partial charge in [0.15, 0.2) is 0 Å². The molecule has 0 aliphatic carbocycles. The van der Waals surface area contributed by atoms with E-state index in [1.807, 2.05) is 0 Å². The average Bonchev–Trinajstić information content (AvgIpc) is 2.31. The van der Waals surface area contributed by atoms with E-state index >= 15 is 0 Å². The first-order chi connectivity index (χ1) is 8.93. The molecule has 19 heavy (non-hydrogen) atoms. The molecule has 108 valence electrons. The highest BCUT2D eigenvalue weighted by Gasteiger charge is 2.10. The summed E-state index contributed by atoms with van der Waals surface area (Å²) in [4.78, 5) is 0. The van der Waals surface area contributed by atoms with E-state index in [9.17, 15) is 17.2 Å². The number of benzene rings is 1. The zero-order chi connectivity index (χ0) is 14.3. The monoisotopic (exact) mass is 295 g/mol. The van der Waals surface area contributed by atoms with E-state index in [1.165, 1.54) is 24.3 Å². The van der Waals surface area contributed by atoms with Gasteiger partial charge in [0.1, 0.15) is 5.75 Å². The van der Waals surface area contributed by atoms with Crippen LogP contribution in [0, 0.1) is 0 Å². The normalized spacial score (nSPS) is 11.6. The lowest BCUT2D eigenvalue weighted by molar-refractivity contribution is -0.0498. The summed E-state index contributed by atoms with van der Waals surface area (Å²) in [6.07, 6.45) is 0.750. The topological polar surface area (TPSA) is 75.6 Å². The van der Waals surface area contributed by atoms with Crippen molar-refractivity contribution in [2.24, 2.45) is 0 Å². The second kappa shape index (κ2) is 7.25. The van der Waals surface area contributed by atoms with E-state index in [2.05, 4.69) is 9.46 Å². The molecular formula is C11H15F2NO4S. The zero-order valence-electron chi connectivity index (χ0n) is 10.1. The molecule has 0 aliphatic heterocycles. The van der Waals surface area contributed by atoms with Crippen LogP contribution in [0.2, 0.25) is 0 Å². The van der Waals surface area contributed by atoms with Crippen molar-refractivity contribution in [3.63, 3.8) is 0 Å². The second-order valence-electron chi connectivity index (χ2n) is 3.75. The molecule has 0 amide bonds. The lowest BCUT2D eigenvalue weighted by Crippen LogP contribution is -2.16. The molecule has 0 saturated carbocycles. The van der Waals surface area contributed by atoms with Crippen LogP contribution in [-0.4, -0.2) is 32.5 Å². The van der Waals surface area contributed by atoms with Gasteiger partial charge >= 0.3 is 6.61 Å². The van der Waals surface area contributed by atoms with Gasteiger partial charge in [-0.05, 0) is 37.1 Å². The Hall–Kier alpha value is -1.41. The first kappa shape index (κ1) is 15.6. The predicted octanol–water partition coefficient (Wildman–Crippen LogP) is 1.80. The third-order valence-electron chi connectivity index (χ3n) is 2.17. The summed E-state index contributed by atoms with van der Waals surface area (Å²) in [7, 11) is -3.49. The molecule has 0 atom stereocenters. The molecule has 0 aliphatic rings. The van der Waals surface area contributed by atoms with E-state index in [1.54, 1.807) is 0 Å². The molecular weight excluding hydrogens is 280 g/mol. The van der Waals surface area contributed by atoms with Crippen molar-refractivity contribution in [2.75, 3.05) is 17.1 Å². The van der Waals surface area contributed by atoms with Crippen molar-refractivity contribution in [1.82, 2.24) is 0 Å². The minimum atomic E-state index is -3.49. The van der Waals surface area contributed by atoms with Crippen LogP contribution >= 0.6 is 0 Å². The largest absolute Gasteiger partial charge is 0.435 e. The van der Waals surface area contributed by atoms with Gasteiger partial charge in [0.2, 0.25) is 10.0 Å². The standard InChI is InChI=1S/C11H15F2NO4S/c12-11(13)18-10-5-3-9(4-6-10)14-19(16,17)8-2-1-7-15/h3-6,11,14-15H,1-2,7-8H2. The Labute approximate surface area is 110 Å². The third kappa shape index (κ3) is 6.35. The Balaban J connectivity index is 2.57. The molecule has 1 rings (SSSR count). The number of ether oxygens (including phenoxy) is 1. The minimum Gasteiger partial charge on any atom is -0.435 e. The van der Waals surface area contributed by atoms with Gasteiger partial charge in [-0.1, -0.05) is 0 Å². The molecule has 0 spiro atoms. The van der Waals surface area contributed by atoms with E-state index in [0.717, 1.165) is 0 Å². The van der Waals surface area contributed by atoms with Crippen LogP contribution in [0.4, 0.5) is 14.5 Å². The summed E-state index contributed by atoms with van der Waals surface area (Å²) in [6.45, 7) is -2.98. The van der Waals surface area contributed by atoms with E-state index < -0.39 is 16.6 Å². The van der Waals surface area contributed by atoms with Crippen molar-refractivity contribution in [2.45, 2.75) is 19.5 Å². The van der Waals surface area contributed by atoms with Crippen LogP contribution in [0.25, 0.3) is 0 Å². The van der Waals surface area contributed by atoms with Gasteiger partial charge in [-0.3, -0.25) is 4.72 Å². The van der Waals surface area contributed by atoms with Crippen LogP contribution in [0.15, 0.2) is 24.3 Å². The van der Waals surface area contributed by atoms with E-state index in [4.69, 9.17) is 5.11 Å². The number of aliphatic hydroxyl groups is 1. The molecule has 0 radical (unpaired) electrons. The number of nitrogens with one attached hydrogen (secondary N) is 1. The predicted molar refractivity (Wildman–Crippen MR) is 66.8 cm³/mol. The van der Waals surface area contributed by atoms with Gasteiger partial charge in [0, 0.05) is 12.3 Å². The van der Waals surface area contributed by atoms with Gasteiger partial charge in [0.25, 0.3) is 0 Å². The summed E-state index contributed by atoms with van der Waals surface area (Å²) in [5.74, 6) is -0.152. The third-order valence-corrected chi connectivity index (χ3v) is 3.55. The highest BCUT2D eigenvalue weighted by Crippen LogP contribution is 2.18. The van der Waals surface area contributed by atoms with Crippen LogP contribution < -0.4 is 9.46 Å². The number of aliphatic hydroxyl groups excluding tert-OH is 1. The number of rotatable bonds is 8. The molecule has 2 N–H and O–H groups in total. The molecule has 0 heterocycles. The van der Waals surface area contributed by atoms with Crippen molar-refractivity contribution < 1.29 is 27.0 Å². The highest BCUT2D eigenvalue weighted by atomic mass is 32.2. The summed E-state index contributed by atoms with van der Waals surface area (Å²) < 4.78 is 53.5. The molecule has 5 nitrogen and oxygen atoms in total. The molecule has 1 aromatic carbocycles. The first-order valence-corrected chi connectivity index (χ1v) is 7.24. The molecule has 0 fully saturated rings. The quantitative estimate of drug-likeness (QED) is 0.717. The highest BCUT2D eigenvalue weighted by molar-refractivity contribution is 7.92. The van der Waals surface area contributed by atoms with E-state index in [0.29, 0.717) is 12.8 Å². The Morgan fingerprint density at radius 2 is 1.84 bits per heavy atom. The van der Waals surface area contributed by atoms with Crippen LogP contribution in [0.5, 0.6) is 5.75 Å². The second-order valence-corrected chi connectivity index (χ2v) is 5.60. The van der Waals surface area contributed by atoms with Gasteiger partial charge in [0.05, 0.1) is 5.75 Å². The Kier molecular flexibility index (Phi) is 5.97. The molecule has 0 saturated heterocycles. The fraction of sp³-hybridized carbons (Fsp3) is 0.455. The minimum absolute atomic E-state index is 0.0433. The first-order valence-electron chi connectivity index (χ1n) is 5.59. The maximum Gasteiger partial charge on any atom is 0.387 e. The Morgan fingerprint density at radius 3 is 2.37 bits per heavy atom. The van der Waals surface area contributed by atoms with Crippen LogP contribution in [0.3, 0.4) is 0 Å². The lowest BCUT2D eigenvalue weighted by atomic mass is 10.3. The summed E-state index contributed by atoms with van der Waals surface area (Å²) in [5, 5.41) is 8.56. The summed E-state index contributed by atoms with van der Waals surface area (Å²) in [6, 6.07) is 5.16. The van der Waals surface area contributed by atoms with Crippen molar-refractivity contribution in [1.29, 1.82) is 0 Å². The molecule has 0 bridgehead atoms. The number of hydrogen-bond donors (Lipinski definition) is 2. The molecule has 0 aromatic heterocycles. The number of anilines is 1. The smallest absolute Gasteiger partial charge is 0.387 e. The number of unbranched alkanes of at least 4 members (excludes halogenated alkanes) is 1. The Bertz CT molecular complexity index is 476. The van der Waals surface area contributed by atoms with Crippen molar-refractivity contribution in [3.8, 4) is 5.75 Å². The number of halogens is 2. The van der Waals surface area contributed by atoms with Gasteiger partial charge < -0.3 is 9.84 Å². The fourth-order valence-corrected chi connectivity index (χ4v) is 2.52. The van der Waals surface area contributed by atoms with Crippen LogP contribution in [0.1, 0.15) is 12.8 Å². The van der Waals surface area contributed by atoms with Crippen molar-refractivity contribution in [3.05, 3.63) is 24.3 Å². The van der Waals surface area contributed by atoms with Gasteiger partial charge in [-0.15, -0.1) is 0 Å². The SMILES string of the molecule is O=S(=O)(CCCCO)Nc1ccc(OC(F)F)cc1. The Morgan fingerprint density at radius 1 is 1.21 bits per heavy atom. The molecule has 1 aromatic rings. The van der Waals surface area contributed by atoms with Gasteiger partial charge in [-0.2, -0.15) is 8.78 Å². The van der Waals surface area contributed by atoms with Gasteiger partial charge in [-0.25, -0.2) is 8.42 Å². The lowest BCUT2D eigenvalue weighted by Gasteiger charge is -2.09. The average molecular weight is 295 g/mol. The number of hydrogen-bond acceptors (Lipinski definition) is 4. The molecule has 8 heteroatoms. The van der Waals surface area contributed by atoms with Crippen LogP contribution in [-0.2, 0) is 10.0 Å². The zero-order valence-corrected chi connectivity index (χ0v) is 10.9. The maximum absolute atomic E-state index is 11.9. The number of sulfonamides is 1. The van der Waals surface area contributed by atoms with E-state index in [-0.39, 0.29) is 23.8 Å².